The van der Waals surface area contributed by atoms with Crippen molar-refractivity contribution in [3.63, 3.8) is 0 Å². The van der Waals surface area contributed by atoms with E-state index < -0.39 is 5.97 Å². The lowest BCUT2D eigenvalue weighted by atomic mass is 10.2. The average molecular weight is 258 g/mol. The number of benzene rings is 1. The van der Waals surface area contributed by atoms with Crippen LogP contribution in [0, 0.1) is 0 Å². The molecule has 1 N–H and O–H groups in total. The van der Waals surface area contributed by atoms with Crippen LogP contribution in [0.3, 0.4) is 0 Å². The molecule has 0 aliphatic rings. The summed E-state index contributed by atoms with van der Waals surface area (Å²) in [4.78, 5) is 23.1. The quantitative estimate of drug-likeness (QED) is 0.857. The monoisotopic (exact) mass is 258 g/mol. The number of ether oxygens (including phenoxy) is 1. The van der Waals surface area contributed by atoms with Gasteiger partial charge in [0, 0.05) is 25.1 Å². The summed E-state index contributed by atoms with van der Waals surface area (Å²) in [6, 6.07) is 8.26. The molecule has 1 aromatic carbocycles. The van der Waals surface area contributed by atoms with E-state index in [1.807, 2.05) is 7.05 Å². The van der Waals surface area contributed by atoms with E-state index >= 15 is 0 Å². The van der Waals surface area contributed by atoms with Crippen molar-refractivity contribution in [1.82, 2.24) is 4.57 Å². The first-order chi connectivity index (χ1) is 9.10. The molecule has 5 nitrogen and oxygen atoms in total. The molecule has 0 atom stereocenters. The van der Waals surface area contributed by atoms with Crippen LogP contribution >= 0.6 is 0 Å². The second-order valence-electron chi connectivity index (χ2n) is 4.09. The first-order valence-corrected chi connectivity index (χ1v) is 5.72. The number of nitrogens with one attached hydrogen (secondary N) is 1. The number of methoxy groups -OCH3 is 1. The van der Waals surface area contributed by atoms with Crippen LogP contribution in [0.15, 0.2) is 42.7 Å². The summed E-state index contributed by atoms with van der Waals surface area (Å²) < 4.78 is 6.40. The Morgan fingerprint density at radius 2 is 1.79 bits per heavy atom. The zero-order chi connectivity index (χ0) is 13.8. The summed E-state index contributed by atoms with van der Waals surface area (Å²) >= 11 is 0. The smallest absolute Gasteiger partial charge is 0.337 e. The molecular weight excluding hydrogens is 244 g/mol. The fourth-order valence-electron chi connectivity index (χ4n) is 1.65. The molecule has 0 saturated heterocycles. The Hall–Kier alpha value is -2.56. The number of hydrogen-bond acceptors (Lipinski definition) is 3. The first kappa shape index (κ1) is 12.9. The van der Waals surface area contributed by atoms with Crippen molar-refractivity contribution in [2.75, 3.05) is 12.4 Å². The molecule has 5 heteroatoms. The minimum atomic E-state index is -0.402. The van der Waals surface area contributed by atoms with E-state index in [0.29, 0.717) is 16.8 Å². The highest BCUT2D eigenvalue weighted by Crippen LogP contribution is 2.12. The topological polar surface area (TPSA) is 60.3 Å². The van der Waals surface area contributed by atoms with Crippen LogP contribution in [-0.2, 0) is 11.8 Å². The zero-order valence-corrected chi connectivity index (χ0v) is 10.7. The van der Waals surface area contributed by atoms with Crippen molar-refractivity contribution in [2.45, 2.75) is 0 Å². The molecule has 0 unspecified atom stereocenters. The third kappa shape index (κ3) is 3.01. The van der Waals surface area contributed by atoms with E-state index in [-0.39, 0.29) is 5.91 Å². The summed E-state index contributed by atoms with van der Waals surface area (Å²) in [5.74, 6) is -0.590. The van der Waals surface area contributed by atoms with Crippen molar-refractivity contribution in [1.29, 1.82) is 0 Å². The number of aryl methyl sites for hydroxylation is 1. The maximum absolute atomic E-state index is 11.9. The van der Waals surface area contributed by atoms with Crippen LogP contribution in [0.5, 0.6) is 0 Å². The number of anilines is 1. The Labute approximate surface area is 110 Å². The van der Waals surface area contributed by atoms with Gasteiger partial charge in [0.1, 0.15) is 0 Å². The van der Waals surface area contributed by atoms with Gasteiger partial charge >= 0.3 is 5.97 Å². The predicted molar refractivity (Wildman–Crippen MR) is 71.1 cm³/mol. The van der Waals surface area contributed by atoms with Crippen LogP contribution < -0.4 is 5.32 Å². The summed E-state index contributed by atoms with van der Waals surface area (Å²) in [6.07, 6.45) is 3.54. The van der Waals surface area contributed by atoms with Crippen LogP contribution in [0.4, 0.5) is 5.69 Å². The number of hydrogen-bond donors (Lipinski definition) is 1. The van der Waals surface area contributed by atoms with Gasteiger partial charge in [0.15, 0.2) is 0 Å². The van der Waals surface area contributed by atoms with E-state index in [2.05, 4.69) is 10.1 Å². The molecular formula is C14H14N2O3. The highest BCUT2D eigenvalue weighted by atomic mass is 16.5. The van der Waals surface area contributed by atoms with Crippen molar-refractivity contribution in [3.8, 4) is 0 Å². The standard InChI is InChI=1S/C14H14N2O3/c1-16-8-7-11(9-16)13(17)15-12-5-3-10(4-6-12)14(18)19-2/h3-9H,1-2H3,(H,15,17). The molecule has 0 radical (unpaired) electrons. The van der Waals surface area contributed by atoms with Gasteiger partial charge in [-0.2, -0.15) is 0 Å². The number of esters is 1. The van der Waals surface area contributed by atoms with Crippen molar-refractivity contribution in [3.05, 3.63) is 53.9 Å². The second kappa shape index (κ2) is 5.39. The lowest BCUT2D eigenvalue weighted by molar-refractivity contribution is 0.0600. The summed E-state index contributed by atoms with van der Waals surface area (Å²) in [5, 5.41) is 2.75. The van der Waals surface area contributed by atoms with Crippen molar-refractivity contribution >= 4 is 17.6 Å². The normalized spacial score (nSPS) is 10.0. The molecule has 2 rings (SSSR count). The molecule has 0 saturated carbocycles. The van der Waals surface area contributed by atoms with Gasteiger partial charge in [-0.15, -0.1) is 0 Å². The summed E-state index contributed by atoms with van der Waals surface area (Å²) in [5.41, 5.74) is 1.65. The first-order valence-electron chi connectivity index (χ1n) is 5.72. The number of carbonyl (C=O) groups is 2. The molecule has 0 fully saturated rings. The molecule has 98 valence electrons. The lowest BCUT2D eigenvalue weighted by Gasteiger charge is -2.04. The van der Waals surface area contributed by atoms with Crippen LogP contribution in [0.2, 0.25) is 0 Å². The van der Waals surface area contributed by atoms with Gasteiger partial charge in [0.25, 0.3) is 5.91 Å². The van der Waals surface area contributed by atoms with Crippen LogP contribution in [-0.4, -0.2) is 23.6 Å². The maximum Gasteiger partial charge on any atom is 0.337 e. The molecule has 19 heavy (non-hydrogen) atoms. The third-order valence-electron chi connectivity index (χ3n) is 2.66. The Morgan fingerprint density at radius 3 is 2.32 bits per heavy atom. The number of aromatic nitrogens is 1. The van der Waals surface area contributed by atoms with E-state index in [0.717, 1.165) is 0 Å². The highest BCUT2D eigenvalue weighted by molar-refractivity contribution is 6.04. The minimum absolute atomic E-state index is 0.189. The van der Waals surface area contributed by atoms with E-state index in [1.54, 1.807) is 47.3 Å². The molecule has 1 amide bonds. The number of carbonyl (C=O) groups excluding carboxylic acids is 2. The Kier molecular flexibility index (Phi) is 3.66. The van der Waals surface area contributed by atoms with Crippen LogP contribution in [0.1, 0.15) is 20.7 Å². The van der Waals surface area contributed by atoms with Gasteiger partial charge in [0.2, 0.25) is 0 Å². The van der Waals surface area contributed by atoms with Gasteiger partial charge < -0.3 is 14.6 Å². The SMILES string of the molecule is COC(=O)c1ccc(NC(=O)c2ccn(C)c2)cc1. The lowest BCUT2D eigenvalue weighted by Crippen LogP contribution is -2.11. The highest BCUT2D eigenvalue weighted by Gasteiger charge is 2.08. The van der Waals surface area contributed by atoms with Crippen LogP contribution in [0.25, 0.3) is 0 Å². The van der Waals surface area contributed by atoms with E-state index in [9.17, 15) is 9.59 Å². The molecule has 0 spiro atoms. The van der Waals surface area contributed by atoms with Gasteiger partial charge in [-0.3, -0.25) is 4.79 Å². The maximum atomic E-state index is 11.9. The van der Waals surface area contributed by atoms with Crippen molar-refractivity contribution < 1.29 is 14.3 Å². The molecule has 0 bridgehead atoms. The number of nitrogens with zero attached hydrogens (tertiary/aromatic N) is 1. The molecule has 1 aromatic heterocycles. The number of rotatable bonds is 3. The zero-order valence-electron chi connectivity index (χ0n) is 10.7. The molecule has 1 heterocycles. The molecule has 0 aliphatic heterocycles. The Bertz CT molecular complexity index is 599. The summed E-state index contributed by atoms with van der Waals surface area (Å²) in [6.45, 7) is 0. The molecule has 0 aliphatic carbocycles. The van der Waals surface area contributed by atoms with Gasteiger partial charge in [0.05, 0.1) is 18.2 Å². The van der Waals surface area contributed by atoms with E-state index in [1.165, 1.54) is 7.11 Å². The fraction of sp³-hybridized carbons (Fsp3) is 0.143. The average Bonchev–Trinajstić information content (AvgIpc) is 2.85. The Balaban J connectivity index is 2.07. The summed E-state index contributed by atoms with van der Waals surface area (Å²) in [7, 11) is 3.18. The second-order valence-corrected chi connectivity index (χ2v) is 4.09. The van der Waals surface area contributed by atoms with Gasteiger partial charge in [-0.25, -0.2) is 4.79 Å². The van der Waals surface area contributed by atoms with Gasteiger partial charge in [-0.05, 0) is 30.3 Å². The minimum Gasteiger partial charge on any atom is -0.465 e. The third-order valence-corrected chi connectivity index (χ3v) is 2.66. The predicted octanol–water partition coefficient (Wildman–Crippen LogP) is 2.06. The number of amides is 1. The Morgan fingerprint density at radius 1 is 1.11 bits per heavy atom. The van der Waals surface area contributed by atoms with Gasteiger partial charge in [-0.1, -0.05) is 0 Å². The fourth-order valence-corrected chi connectivity index (χ4v) is 1.65. The molecule has 2 aromatic rings. The van der Waals surface area contributed by atoms with E-state index in [4.69, 9.17) is 0 Å². The largest absolute Gasteiger partial charge is 0.465 e. The van der Waals surface area contributed by atoms with Crippen molar-refractivity contribution in [2.24, 2.45) is 7.05 Å².